The quantitative estimate of drug-likeness (QED) is 0.165. The van der Waals surface area contributed by atoms with Gasteiger partial charge < -0.3 is 0 Å². The summed E-state index contributed by atoms with van der Waals surface area (Å²) in [5.41, 5.74) is 12.1. The van der Waals surface area contributed by atoms with Crippen LogP contribution in [0.2, 0.25) is 0 Å². The van der Waals surface area contributed by atoms with Crippen LogP contribution in [0.25, 0.3) is 54.9 Å². The lowest BCUT2D eigenvalue weighted by Gasteiger charge is -2.16. The third kappa shape index (κ3) is 31.7. The van der Waals surface area contributed by atoms with Crippen molar-refractivity contribution in [3.8, 4) is 33.4 Å². The number of rotatable bonds is 3. The summed E-state index contributed by atoms with van der Waals surface area (Å²) in [6.07, 6.45) is 5.29. The predicted octanol–water partition coefficient (Wildman–Crippen LogP) is 26.2. The van der Waals surface area contributed by atoms with Crippen LogP contribution < -0.4 is 0 Å². The molecule has 0 N–H and O–H groups in total. The van der Waals surface area contributed by atoms with Gasteiger partial charge in [0.05, 0.1) is 0 Å². The van der Waals surface area contributed by atoms with Crippen molar-refractivity contribution in [1.82, 2.24) is 0 Å². The Hall–Kier alpha value is -7.28. The molecule has 0 nitrogen and oxygen atoms in total. The molecule has 0 aliphatic heterocycles. The smallest absolute Gasteiger partial charge is 0.0181 e. The summed E-state index contributed by atoms with van der Waals surface area (Å²) in [7, 11) is 0. The minimum absolute atomic E-state index is 1.26. The summed E-state index contributed by atoms with van der Waals surface area (Å²) in [6.45, 7) is 38.1. The van der Waals surface area contributed by atoms with Crippen LogP contribution in [0.3, 0.4) is 0 Å². The van der Waals surface area contributed by atoms with Crippen molar-refractivity contribution in [3.05, 3.63) is 278 Å². The Morgan fingerprint density at radius 2 is 0.367 bits per heavy atom. The molecule has 11 rings (SSSR count). The van der Waals surface area contributed by atoms with Gasteiger partial charge in [-0.2, -0.15) is 0 Å². The monoisotopic (exact) mass is 1060 g/mol. The van der Waals surface area contributed by atoms with Gasteiger partial charge in [-0.25, -0.2) is 0 Å². The molecule has 0 saturated carbocycles. The maximum absolute atomic E-state index is 2.38. The van der Waals surface area contributed by atoms with E-state index < -0.39 is 0 Å². The van der Waals surface area contributed by atoms with Crippen molar-refractivity contribution in [2.45, 2.75) is 157 Å². The van der Waals surface area contributed by atoms with Crippen molar-refractivity contribution in [2.75, 3.05) is 0 Å². The molecule has 0 amide bonds. The first kappa shape index (κ1) is 76.0. The molecule has 0 heterocycles. The summed E-state index contributed by atoms with van der Waals surface area (Å²) < 4.78 is 0. The first-order chi connectivity index (χ1) is 39.2. The van der Waals surface area contributed by atoms with Crippen LogP contribution in [0.1, 0.15) is 154 Å². The van der Waals surface area contributed by atoms with E-state index in [1.807, 2.05) is 167 Å². The van der Waals surface area contributed by atoms with Gasteiger partial charge in [0.1, 0.15) is 0 Å². The number of fused-ring (bicyclic) bond motifs is 3. The maximum Gasteiger partial charge on any atom is -0.0181 e. The van der Waals surface area contributed by atoms with Crippen LogP contribution in [0.4, 0.5) is 0 Å². The molecule has 0 spiro atoms. The van der Waals surface area contributed by atoms with E-state index in [-0.39, 0.29) is 0 Å². The molecule has 79 heavy (non-hydrogen) atoms. The highest BCUT2D eigenvalue weighted by molar-refractivity contribution is 5.84. The second kappa shape index (κ2) is 55.5. The lowest BCUT2D eigenvalue weighted by molar-refractivity contribution is 0.687. The SMILES string of the molecule is CC.CC.CC.CC.CC.CC.CC.CC.CC.Cc1ccccc1.c1ccc(-c2ccc(-c3ccccc3)cc2)cc1.c1ccc(-c2ccccc2)cc1.c1ccc2cc3c(cc2c1)CCCC3.c1ccc2ccccc2c1. The summed E-state index contributed by atoms with van der Waals surface area (Å²) >= 11 is 0. The largest absolute Gasteiger partial charge is 0.0683 e. The third-order valence-electron chi connectivity index (χ3n) is 10.8. The van der Waals surface area contributed by atoms with Gasteiger partial charge in [0.15, 0.2) is 0 Å². The second-order valence-electron chi connectivity index (χ2n) is 15.2. The highest BCUT2D eigenvalue weighted by Crippen LogP contribution is 2.27. The lowest BCUT2D eigenvalue weighted by Crippen LogP contribution is -2.01. The van der Waals surface area contributed by atoms with Crippen LogP contribution in [0.5, 0.6) is 0 Å². The number of hydrogen-bond acceptors (Lipinski definition) is 0. The Morgan fingerprint density at radius 1 is 0.190 bits per heavy atom. The molecule has 0 bridgehead atoms. The molecule has 1 aliphatic carbocycles. The van der Waals surface area contributed by atoms with E-state index in [9.17, 15) is 0 Å². The standard InChI is InChI=1S/C18H14.C14H14.C12H10.C10H8.C7H8.9C2H6/c1-3-7-15(8-4-1)17-11-13-18(14-12-17)16-9-5-2-6-10-16;1-2-6-12-10-14-8-4-3-7-13(14)9-11(12)5-1;1-3-7-11(8-4-1)12-9-5-2-6-10-12;1-2-6-10-8-4-3-7-9(10)5-1;1-7-5-3-2-4-6-7;9*1-2/h1-14H;1-2,5-6,9-10H,3-4,7-8H2;1-10H;1-8H;2-6H,1H3;9*1-2H3. The molecule has 0 heteroatoms. The minimum Gasteiger partial charge on any atom is -0.0683 e. The number of aryl methyl sites for hydroxylation is 3. The molecular formula is C79H108. The Kier molecular flexibility index (Phi) is 53.3. The Morgan fingerprint density at radius 3 is 0.570 bits per heavy atom. The van der Waals surface area contributed by atoms with E-state index in [1.165, 1.54) is 86.2 Å². The van der Waals surface area contributed by atoms with Gasteiger partial charge in [0.25, 0.3) is 0 Å². The minimum atomic E-state index is 1.26. The second-order valence-corrected chi connectivity index (χ2v) is 15.2. The van der Waals surface area contributed by atoms with Crippen molar-refractivity contribution in [1.29, 1.82) is 0 Å². The maximum atomic E-state index is 2.38. The molecule has 0 radical (unpaired) electrons. The number of benzene rings is 10. The third-order valence-corrected chi connectivity index (χ3v) is 10.8. The van der Waals surface area contributed by atoms with Crippen molar-refractivity contribution in [3.63, 3.8) is 0 Å². The van der Waals surface area contributed by atoms with Crippen LogP contribution in [0, 0.1) is 6.92 Å². The molecule has 1 aliphatic rings. The summed E-state index contributed by atoms with van der Waals surface area (Å²) in [5.74, 6) is 0. The van der Waals surface area contributed by atoms with Gasteiger partial charge in [0.2, 0.25) is 0 Å². The van der Waals surface area contributed by atoms with Gasteiger partial charge in [-0.05, 0) is 98.7 Å². The van der Waals surface area contributed by atoms with Gasteiger partial charge in [0, 0.05) is 0 Å². The average Bonchev–Trinajstić information content (AvgIpc) is 3.59. The Bertz CT molecular complexity index is 2550. The van der Waals surface area contributed by atoms with Gasteiger partial charge in [-0.15, -0.1) is 0 Å². The zero-order valence-electron chi connectivity index (χ0n) is 53.2. The molecule has 10 aromatic rings. The van der Waals surface area contributed by atoms with Gasteiger partial charge >= 0.3 is 0 Å². The van der Waals surface area contributed by atoms with Crippen LogP contribution in [-0.2, 0) is 12.8 Å². The molecule has 424 valence electrons. The Balaban J connectivity index is -0.000000868. The van der Waals surface area contributed by atoms with Crippen LogP contribution in [0.15, 0.2) is 261 Å². The van der Waals surface area contributed by atoms with Gasteiger partial charge in [-0.1, -0.05) is 391 Å². The highest BCUT2D eigenvalue weighted by atomic mass is 14.1. The first-order valence-electron chi connectivity index (χ1n) is 30.5. The molecular weight excluding hydrogens is 949 g/mol. The van der Waals surface area contributed by atoms with Crippen LogP contribution >= 0.6 is 0 Å². The molecule has 0 atom stereocenters. The fraction of sp³-hybridized carbons (Fsp3) is 0.291. The van der Waals surface area contributed by atoms with Crippen molar-refractivity contribution in [2.24, 2.45) is 0 Å². The lowest BCUT2D eigenvalue weighted by atomic mass is 9.89. The predicted molar refractivity (Wildman–Crippen MR) is 367 cm³/mol. The van der Waals surface area contributed by atoms with E-state index in [2.05, 4.69) is 225 Å². The highest BCUT2D eigenvalue weighted by Gasteiger charge is 2.09. The number of hydrogen-bond donors (Lipinski definition) is 0. The first-order valence-corrected chi connectivity index (χ1v) is 30.5. The zero-order valence-corrected chi connectivity index (χ0v) is 53.2. The molecule has 0 aromatic heterocycles. The topological polar surface area (TPSA) is 0 Å². The van der Waals surface area contributed by atoms with E-state index in [4.69, 9.17) is 0 Å². The van der Waals surface area contributed by atoms with E-state index in [1.54, 1.807) is 11.1 Å². The van der Waals surface area contributed by atoms with Crippen molar-refractivity contribution >= 4 is 21.5 Å². The summed E-state index contributed by atoms with van der Waals surface area (Å²) in [5, 5.41) is 5.41. The Labute approximate surface area is 487 Å². The molecule has 0 fully saturated rings. The summed E-state index contributed by atoms with van der Waals surface area (Å²) in [4.78, 5) is 0. The average molecular weight is 1060 g/mol. The fourth-order valence-corrected chi connectivity index (χ4v) is 7.48. The van der Waals surface area contributed by atoms with Crippen LogP contribution in [-0.4, -0.2) is 0 Å². The molecule has 0 unspecified atom stereocenters. The molecule has 0 saturated heterocycles. The van der Waals surface area contributed by atoms with E-state index in [0.717, 1.165) is 0 Å². The summed E-state index contributed by atoms with van der Waals surface area (Å²) in [6, 6.07) is 90.8. The zero-order chi connectivity index (χ0) is 59.7. The van der Waals surface area contributed by atoms with E-state index >= 15 is 0 Å². The molecule has 10 aromatic carbocycles. The normalized spacial score (nSPS) is 9.25. The fourth-order valence-electron chi connectivity index (χ4n) is 7.48. The van der Waals surface area contributed by atoms with E-state index in [0.29, 0.717) is 0 Å². The van der Waals surface area contributed by atoms with Crippen molar-refractivity contribution < 1.29 is 0 Å². The van der Waals surface area contributed by atoms with Gasteiger partial charge in [-0.3, -0.25) is 0 Å².